The van der Waals surface area contributed by atoms with Gasteiger partial charge in [0.25, 0.3) is 0 Å². The zero-order valence-corrected chi connectivity index (χ0v) is 15.5. The summed E-state index contributed by atoms with van der Waals surface area (Å²) < 4.78 is 13.2. The van der Waals surface area contributed by atoms with Crippen LogP contribution in [0.15, 0.2) is 72.9 Å². The second kappa shape index (κ2) is 8.31. The van der Waals surface area contributed by atoms with Crippen molar-refractivity contribution in [1.82, 2.24) is 9.88 Å². The number of rotatable bonds is 5. The van der Waals surface area contributed by atoms with Crippen LogP contribution in [-0.4, -0.2) is 28.4 Å². The first kappa shape index (κ1) is 18.3. The molecule has 1 saturated heterocycles. The smallest absolute Gasteiger partial charge is 0.241 e. The van der Waals surface area contributed by atoms with Gasteiger partial charge >= 0.3 is 0 Å². The minimum Gasteiger partial charge on any atom is -0.325 e. The van der Waals surface area contributed by atoms with Gasteiger partial charge in [-0.15, -0.1) is 0 Å². The molecule has 1 aliphatic rings. The molecule has 2 aromatic carbocycles. The van der Waals surface area contributed by atoms with E-state index in [1.54, 1.807) is 18.3 Å². The van der Waals surface area contributed by atoms with E-state index in [4.69, 9.17) is 0 Å². The van der Waals surface area contributed by atoms with E-state index in [0.717, 1.165) is 41.9 Å². The molecule has 3 aromatic rings. The van der Waals surface area contributed by atoms with Crippen molar-refractivity contribution in [3.05, 3.63) is 84.4 Å². The lowest BCUT2D eigenvalue weighted by atomic mass is 10.0. The lowest BCUT2D eigenvalue weighted by Crippen LogP contribution is -2.39. The number of hydrogen-bond donors (Lipinski definition) is 1. The monoisotopic (exact) mass is 375 g/mol. The Morgan fingerprint density at radius 3 is 2.71 bits per heavy atom. The number of carbonyl (C=O) groups is 1. The van der Waals surface area contributed by atoms with Gasteiger partial charge in [0.15, 0.2) is 0 Å². The molecule has 1 N–H and O–H groups in total. The van der Waals surface area contributed by atoms with E-state index in [1.165, 1.54) is 12.1 Å². The van der Waals surface area contributed by atoms with Crippen LogP contribution in [0.2, 0.25) is 0 Å². The maximum Gasteiger partial charge on any atom is 0.241 e. The molecule has 28 heavy (non-hydrogen) atoms. The molecular weight excluding hydrogens is 353 g/mol. The first-order valence-electron chi connectivity index (χ1n) is 9.50. The lowest BCUT2D eigenvalue weighted by Gasteiger charge is -2.23. The third kappa shape index (κ3) is 4.26. The molecule has 1 amide bonds. The number of pyridine rings is 1. The average Bonchev–Trinajstić information content (AvgIpc) is 3.18. The fraction of sp³-hybridized carbons (Fsp3) is 0.217. The molecule has 0 unspecified atom stereocenters. The molecule has 142 valence electrons. The molecular formula is C23H22FN3O. The van der Waals surface area contributed by atoms with Crippen LogP contribution in [0.1, 0.15) is 18.5 Å². The fourth-order valence-electron chi connectivity index (χ4n) is 3.66. The minimum absolute atomic E-state index is 0.00434. The zero-order valence-electron chi connectivity index (χ0n) is 15.5. The van der Waals surface area contributed by atoms with Gasteiger partial charge in [-0.25, -0.2) is 4.39 Å². The highest BCUT2D eigenvalue weighted by molar-refractivity contribution is 5.95. The minimum atomic E-state index is -0.262. The predicted molar refractivity (Wildman–Crippen MR) is 108 cm³/mol. The number of nitrogens with one attached hydrogen (secondary N) is 1. The van der Waals surface area contributed by atoms with Gasteiger partial charge in [0.2, 0.25) is 5.91 Å². The number of aromatic nitrogens is 1. The highest BCUT2D eigenvalue weighted by atomic mass is 19.1. The SMILES string of the molecule is O=C(Nc1cccc(-c2ccc(F)cc2)c1)[C@H]1CCCN1Cc1ccccn1. The molecule has 0 bridgehead atoms. The van der Waals surface area contributed by atoms with E-state index in [2.05, 4.69) is 15.2 Å². The third-order valence-electron chi connectivity index (χ3n) is 5.07. The Hall–Kier alpha value is -3.05. The van der Waals surface area contributed by atoms with Crippen molar-refractivity contribution in [2.24, 2.45) is 0 Å². The summed E-state index contributed by atoms with van der Waals surface area (Å²) in [5, 5.41) is 3.05. The summed E-state index contributed by atoms with van der Waals surface area (Å²) in [6.45, 7) is 1.57. The quantitative estimate of drug-likeness (QED) is 0.715. The molecule has 4 nitrogen and oxygen atoms in total. The van der Waals surface area contributed by atoms with Crippen molar-refractivity contribution in [2.45, 2.75) is 25.4 Å². The van der Waals surface area contributed by atoms with Gasteiger partial charge in [-0.3, -0.25) is 14.7 Å². The van der Waals surface area contributed by atoms with E-state index < -0.39 is 0 Å². The van der Waals surface area contributed by atoms with Crippen LogP contribution in [0.5, 0.6) is 0 Å². The number of likely N-dealkylation sites (tertiary alicyclic amines) is 1. The molecule has 1 fully saturated rings. The number of amides is 1. The summed E-state index contributed by atoms with van der Waals surface area (Å²) in [6.07, 6.45) is 3.62. The first-order valence-corrected chi connectivity index (χ1v) is 9.50. The number of carbonyl (C=O) groups excluding carboxylic acids is 1. The first-order chi connectivity index (χ1) is 13.7. The average molecular weight is 375 g/mol. The van der Waals surface area contributed by atoms with Crippen LogP contribution < -0.4 is 5.32 Å². The molecule has 2 heterocycles. The standard InChI is InChI=1S/C23H22FN3O/c24-19-11-9-17(10-12-19)18-5-3-7-20(15-18)26-23(28)22-8-4-14-27(22)16-21-6-1-2-13-25-21/h1-3,5-7,9-13,15,22H,4,8,14,16H2,(H,26,28)/t22-/m1/s1. The second-order valence-electron chi connectivity index (χ2n) is 7.03. The highest BCUT2D eigenvalue weighted by Crippen LogP contribution is 2.25. The Bertz CT molecular complexity index is 944. The summed E-state index contributed by atoms with van der Waals surface area (Å²) in [5.41, 5.74) is 3.57. The van der Waals surface area contributed by atoms with Crippen molar-refractivity contribution in [2.75, 3.05) is 11.9 Å². The van der Waals surface area contributed by atoms with E-state index in [1.807, 2.05) is 42.5 Å². The molecule has 0 saturated carbocycles. The van der Waals surface area contributed by atoms with E-state index in [9.17, 15) is 9.18 Å². The highest BCUT2D eigenvalue weighted by Gasteiger charge is 2.30. The summed E-state index contributed by atoms with van der Waals surface area (Å²) in [7, 11) is 0. The van der Waals surface area contributed by atoms with Gasteiger partial charge in [0.1, 0.15) is 5.82 Å². The summed E-state index contributed by atoms with van der Waals surface area (Å²) in [4.78, 5) is 19.4. The third-order valence-corrected chi connectivity index (χ3v) is 5.07. The van der Waals surface area contributed by atoms with Gasteiger partial charge < -0.3 is 5.32 Å². The van der Waals surface area contributed by atoms with Crippen molar-refractivity contribution < 1.29 is 9.18 Å². The van der Waals surface area contributed by atoms with Gasteiger partial charge in [-0.05, 0) is 66.9 Å². The normalized spacial score (nSPS) is 16.8. The van der Waals surface area contributed by atoms with Crippen molar-refractivity contribution in [1.29, 1.82) is 0 Å². The van der Waals surface area contributed by atoms with Gasteiger partial charge in [0.05, 0.1) is 11.7 Å². The Labute approximate surface area is 164 Å². The number of hydrogen-bond acceptors (Lipinski definition) is 3. The number of benzene rings is 2. The van der Waals surface area contributed by atoms with Crippen molar-refractivity contribution in [3.8, 4) is 11.1 Å². The summed E-state index contributed by atoms with van der Waals surface area (Å²) in [5.74, 6) is -0.257. The van der Waals surface area contributed by atoms with Crippen LogP contribution in [0.25, 0.3) is 11.1 Å². The van der Waals surface area contributed by atoms with Crippen LogP contribution in [0.4, 0.5) is 10.1 Å². The molecule has 0 spiro atoms. The largest absolute Gasteiger partial charge is 0.325 e. The van der Waals surface area contributed by atoms with Crippen molar-refractivity contribution >= 4 is 11.6 Å². The molecule has 1 atom stereocenters. The van der Waals surface area contributed by atoms with Crippen LogP contribution in [0, 0.1) is 5.82 Å². The summed E-state index contributed by atoms with van der Waals surface area (Å²) in [6, 6.07) is 19.7. The number of anilines is 1. The number of halogens is 1. The van der Waals surface area contributed by atoms with Crippen LogP contribution >= 0.6 is 0 Å². The van der Waals surface area contributed by atoms with E-state index in [-0.39, 0.29) is 17.8 Å². The maximum atomic E-state index is 13.2. The summed E-state index contributed by atoms with van der Waals surface area (Å²) >= 11 is 0. The fourth-order valence-corrected chi connectivity index (χ4v) is 3.66. The molecule has 0 radical (unpaired) electrons. The number of nitrogens with zero attached hydrogens (tertiary/aromatic N) is 2. The molecule has 1 aromatic heterocycles. The maximum absolute atomic E-state index is 13.2. The molecule has 4 rings (SSSR count). The second-order valence-corrected chi connectivity index (χ2v) is 7.03. The Morgan fingerprint density at radius 1 is 1.07 bits per heavy atom. The van der Waals surface area contributed by atoms with Crippen LogP contribution in [0.3, 0.4) is 0 Å². The lowest BCUT2D eigenvalue weighted by molar-refractivity contribution is -0.120. The Kier molecular flexibility index (Phi) is 5.44. The van der Waals surface area contributed by atoms with Crippen LogP contribution in [-0.2, 0) is 11.3 Å². The zero-order chi connectivity index (χ0) is 19.3. The molecule has 1 aliphatic heterocycles. The predicted octanol–water partition coefficient (Wildman–Crippen LogP) is 4.49. The van der Waals surface area contributed by atoms with E-state index in [0.29, 0.717) is 6.54 Å². The van der Waals surface area contributed by atoms with Gasteiger partial charge in [-0.2, -0.15) is 0 Å². The van der Waals surface area contributed by atoms with Gasteiger partial charge in [-0.1, -0.05) is 30.3 Å². The van der Waals surface area contributed by atoms with Crippen molar-refractivity contribution in [3.63, 3.8) is 0 Å². The van der Waals surface area contributed by atoms with E-state index >= 15 is 0 Å². The Balaban J connectivity index is 1.45. The van der Waals surface area contributed by atoms with Gasteiger partial charge in [0, 0.05) is 18.4 Å². The Morgan fingerprint density at radius 2 is 1.93 bits per heavy atom. The molecule has 0 aliphatic carbocycles. The molecule has 5 heteroatoms. The topological polar surface area (TPSA) is 45.2 Å².